The van der Waals surface area contributed by atoms with Crippen LogP contribution in [0.2, 0.25) is 6.04 Å². The highest BCUT2D eigenvalue weighted by molar-refractivity contribution is 6.60. The van der Waals surface area contributed by atoms with Crippen molar-refractivity contribution in [2.45, 2.75) is 25.4 Å². The van der Waals surface area contributed by atoms with E-state index in [2.05, 4.69) is 10.6 Å². The first-order valence-corrected chi connectivity index (χ1v) is 9.25. The highest BCUT2D eigenvalue weighted by Crippen LogP contribution is 2.14. The Bertz CT molecular complexity index is 432. The number of nitrogens with one attached hydrogen (secondary N) is 2. The monoisotopic (exact) mass is 326 g/mol. The fourth-order valence-corrected chi connectivity index (χ4v) is 3.86. The second kappa shape index (κ2) is 9.57. The fourth-order valence-electron chi connectivity index (χ4n) is 2.14. The topological polar surface area (TPSA) is 68.8 Å². The lowest BCUT2D eigenvalue weighted by molar-refractivity contribution is 0.123. The molecule has 1 aromatic carbocycles. The van der Waals surface area contributed by atoms with Gasteiger partial charge in [0, 0.05) is 33.9 Å². The minimum atomic E-state index is -2.55. The Kier molecular flexibility index (Phi) is 8.11. The summed E-state index contributed by atoms with van der Waals surface area (Å²) in [5.41, 5.74) is 1.07. The van der Waals surface area contributed by atoms with Gasteiger partial charge in [0.25, 0.3) is 0 Å². The average Bonchev–Trinajstić information content (AvgIpc) is 2.56. The summed E-state index contributed by atoms with van der Waals surface area (Å²) in [7, 11) is 2.21. The van der Waals surface area contributed by atoms with E-state index in [0.717, 1.165) is 12.0 Å². The molecule has 0 aliphatic rings. The molecule has 124 valence electrons. The standard InChI is InChI=1S/C15H26N2O4Si/c1-13(14-9-6-5-7-10-14)17-15(18)16-11-8-12-22(19-2,20-3)21-4/h5-7,9-10,13H,8,11-12H2,1-4H3,(H2,16,17,18). The van der Waals surface area contributed by atoms with Crippen molar-refractivity contribution in [3.05, 3.63) is 35.9 Å². The van der Waals surface area contributed by atoms with E-state index < -0.39 is 8.80 Å². The van der Waals surface area contributed by atoms with Crippen LogP contribution in [0.4, 0.5) is 4.79 Å². The third kappa shape index (κ3) is 5.76. The first kappa shape index (κ1) is 18.6. The highest BCUT2D eigenvalue weighted by Gasteiger charge is 2.36. The molecule has 0 saturated carbocycles. The van der Waals surface area contributed by atoms with Gasteiger partial charge in [-0.2, -0.15) is 0 Å². The highest BCUT2D eigenvalue weighted by atomic mass is 28.4. The lowest BCUT2D eigenvalue weighted by Crippen LogP contribution is -2.44. The van der Waals surface area contributed by atoms with E-state index in [-0.39, 0.29) is 12.1 Å². The van der Waals surface area contributed by atoms with Gasteiger partial charge >= 0.3 is 14.8 Å². The molecule has 0 saturated heterocycles. The minimum Gasteiger partial charge on any atom is -0.377 e. The lowest BCUT2D eigenvalue weighted by Gasteiger charge is -2.24. The summed E-state index contributed by atoms with van der Waals surface area (Å²) in [4.78, 5) is 11.9. The predicted molar refractivity (Wildman–Crippen MR) is 87.6 cm³/mol. The van der Waals surface area contributed by atoms with Gasteiger partial charge in [0.2, 0.25) is 0 Å². The van der Waals surface area contributed by atoms with E-state index in [4.69, 9.17) is 13.3 Å². The summed E-state index contributed by atoms with van der Waals surface area (Å²) in [5, 5.41) is 5.74. The van der Waals surface area contributed by atoms with Crippen LogP contribution in [0.15, 0.2) is 30.3 Å². The van der Waals surface area contributed by atoms with Crippen molar-refractivity contribution in [3.8, 4) is 0 Å². The number of benzene rings is 1. The maximum absolute atomic E-state index is 11.9. The smallest absolute Gasteiger partial charge is 0.377 e. The molecular formula is C15H26N2O4Si. The molecule has 2 amide bonds. The van der Waals surface area contributed by atoms with Crippen LogP contribution < -0.4 is 10.6 Å². The SMILES string of the molecule is CO[Si](CCCNC(=O)NC(C)c1ccccc1)(OC)OC. The van der Waals surface area contributed by atoms with Gasteiger partial charge in [-0.1, -0.05) is 30.3 Å². The molecule has 0 aromatic heterocycles. The Morgan fingerprint density at radius 3 is 2.27 bits per heavy atom. The molecule has 1 rings (SSSR count). The van der Waals surface area contributed by atoms with E-state index >= 15 is 0 Å². The number of urea groups is 1. The normalized spacial score (nSPS) is 12.7. The Labute approximate surface area is 133 Å². The van der Waals surface area contributed by atoms with Gasteiger partial charge in [-0.25, -0.2) is 4.79 Å². The number of hydrogen-bond donors (Lipinski definition) is 2. The van der Waals surface area contributed by atoms with Crippen molar-refractivity contribution >= 4 is 14.8 Å². The fraction of sp³-hybridized carbons (Fsp3) is 0.533. The second-order valence-corrected chi connectivity index (χ2v) is 8.02. The molecule has 0 aliphatic carbocycles. The quantitative estimate of drug-likeness (QED) is 0.540. The third-order valence-corrected chi connectivity index (χ3v) is 6.36. The molecule has 0 fully saturated rings. The second-order valence-electron chi connectivity index (χ2n) is 4.93. The molecule has 0 bridgehead atoms. The number of rotatable bonds is 9. The van der Waals surface area contributed by atoms with Crippen LogP contribution in [0.25, 0.3) is 0 Å². The van der Waals surface area contributed by atoms with Crippen LogP contribution in [0.5, 0.6) is 0 Å². The number of amides is 2. The summed E-state index contributed by atoms with van der Waals surface area (Å²) in [5.74, 6) is 0. The van der Waals surface area contributed by atoms with Gasteiger partial charge in [0.1, 0.15) is 0 Å². The number of carbonyl (C=O) groups is 1. The van der Waals surface area contributed by atoms with Crippen LogP contribution in [0.3, 0.4) is 0 Å². The molecule has 0 spiro atoms. The number of carbonyl (C=O) groups excluding carboxylic acids is 1. The first-order valence-electron chi connectivity index (χ1n) is 7.31. The van der Waals surface area contributed by atoms with E-state index in [1.54, 1.807) is 21.3 Å². The van der Waals surface area contributed by atoms with Crippen molar-refractivity contribution in [1.29, 1.82) is 0 Å². The molecule has 2 N–H and O–H groups in total. The van der Waals surface area contributed by atoms with Crippen molar-refractivity contribution in [2.24, 2.45) is 0 Å². The zero-order chi connectivity index (χ0) is 16.4. The summed E-state index contributed by atoms with van der Waals surface area (Å²) in [6.45, 7) is 2.49. The van der Waals surface area contributed by atoms with E-state index in [1.165, 1.54) is 0 Å². The largest absolute Gasteiger partial charge is 0.500 e. The van der Waals surface area contributed by atoms with Crippen LogP contribution in [0, 0.1) is 0 Å². The van der Waals surface area contributed by atoms with E-state index in [0.29, 0.717) is 12.6 Å². The number of hydrogen-bond acceptors (Lipinski definition) is 4. The third-order valence-electron chi connectivity index (χ3n) is 3.53. The molecular weight excluding hydrogens is 300 g/mol. The Balaban J connectivity index is 2.29. The van der Waals surface area contributed by atoms with Crippen LogP contribution in [-0.4, -0.2) is 42.7 Å². The molecule has 6 nitrogen and oxygen atoms in total. The zero-order valence-electron chi connectivity index (χ0n) is 13.7. The van der Waals surface area contributed by atoms with Crippen molar-refractivity contribution in [2.75, 3.05) is 27.9 Å². The maximum Gasteiger partial charge on any atom is 0.500 e. The van der Waals surface area contributed by atoms with Crippen molar-refractivity contribution < 1.29 is 18.1 Å². The van der Waals surface area contributed by atoms with Gasteiger partial charge in [-0.15, -0.1) is 0 Å². The molecule has 1 aromatic rings. The minimum absolute atomic E-state index is 0.0356. The van der Waals surface area contributed by atoms with E-state index in [1.807, 2.05) is 37.3 Å². The molecule has 0 heterocycles. The van der Waals surface area contributed by atoms with Crippen molar-refractivity contribution in [1.82, 2.24) is 10.6 Å². The molecule has 1 unspecified atom stereocenters. The molecule has 1 atom stereocenters. The van der Waals surface area contributed by atoms with Gasteiger partial charge in [-0.3, -0.25) is 0 Å². The van der Waals surface area contributed by atoms with Gasteiger partial charge in [0.05, 0.1) is 6.04 Å². The zero-order valence-corrected chi connectivity index (χ0v) is 14.7. The summed E-state index contributed by atoms with van der Waals surface area (Å²) in [6, 6.07) is 10.3. The average molecular weight is 326 g/mol. The van der Waals surface area contributed by atoms with Crippen LogP contribution in [0.1, 0.15) is 24.9 Å². The molecule has 22 heavy (non-hydrogen) atoms. The van der Waals surface area contributed by atoms with Crippen LogP contribution >= 0.6 is 0 Å². The molecule has 7 heteroatoms. The van der Waals surface area contributed by atoms with E-state index in [9.17, 15) is 4.79 Å². The van der Waals surface area contributed by atoms with Crippen LogP contribution in [-0.2, 0) is 13.3 Å². The van der Waals surface area contributed by atoms with Gasteiger partial charge in [0.15, 0.2) is 0 Å². The maximum atomic E-state index is 11.9. The summed E-state index contributed by atoms with van der Waals surface area (Å²) >= 11 is 0. The Morgan fingerprint density at radius 2 is 1.73 bits per heavy atom. The first-order chi connectivity index (χ1) is 10.6. The Morgan fingerprint density at radius 1 is 1.14 bits per heavy atom. The summed E-state index contributed by atoms with van der Waals surface area (Å²) < 4.78 is 16.0. The van der Waals surface area contributed by atoms with Gasteiger partial charge < -0.3 is 23.9 Å². The predicted octanol–water partition coefficient (Wildman–Crippen LogP) is 2.32. The lowest BCUT2D eigenvalue weighted by atomic mass is 10.1. The van der Waals surface area contributed by atoms with Crippen molar-refractivity contribution in [3.63, 3.8) is 0 Å². The summed E-state index contributed by atoms with van der Waals surface area (Å²) in [6.07, 6.45) is 0.731. The van der Waals surface area contributed by atoms with Gasteiger partial charge in [-0.05, 0) is 18.9 Å². The Hall–Kier alpha value is -1.41. The molecule has 0 radical (unpaired) electrons. The molecule has 0 aliphatic heterocycles.